The first-order valence-corrected chi connectivity index (χ1v) is 10.4. The molecular weight excluding hydrogens is 392 g/mol. The first-order valence-electron chi connectivity index (χ1n) is 8.58. The van der Waals surface area contributed by atoms with Crippen LogP contribution in [0.4, 0.5) is 5.13 Å². The van der Waals surface area contributed by atoms with Gasteiger partial charge < -0.3 is 4.74 Å². The summed E-state index contributed by atoms with van der Waals surface area (Å²) in [6.07, 6.45) is 3.51. The Bertz CT molecular complexity index is 1050. The molecule has 1 aliphatic heterocycles. The van der Waals surface area contributed by atoms with Gasteiger partial charge in [-0.15, -0.1) is 23.1 Å². The minimum Gasteiger partial charge on any atom is -0.484 e. The molecule has 140 valence electrons. The molecule has 28 heavy (non-hydrogen) atoms. The standard InChI is InChI=1S/C21H16N2O3S2/c24-19(23-21-22-8-9-27-21)12-26-16-5-3-4-14(11-16)10-15-13-28-18-7-2-1-6-17(18)20(15)25/h1-11H,12-13H2,(H,22,23,24)/b15-10+. The van der Waals surface area contributed by atoms with E-state index in [1.807, 2.05) is 48.5 Å². The van der Waals surface area contributed by atoms with E-state index in [9.17, 15) is 9.59 Å². The zero-order valence-corrected chi connectivity index (χ0v) is 16.4. The Labute approximate surface area is 170 Å². The second-order valence-electron chi connectivity index (χ2n) is 6.03. The van der Waals surface area contributed by atoms with E-state index < -0.39 is 0 Å². The molecule has 0 atom stereocenters. The van der Waals surface area contributed by atoms with Crippen LogP contribution in [0.2, 0.25) is 0 Å². The highest BCUT2D eigenvalue weighted by atomic mass is 32.2. The molecule has 4 rings (SSSR count). The van der Waals surface area contributed by atoms with Crippen molar-refractivity contribution in [2.45, 2.75) is 4.90 Å². The summed E-state index contributed by atoms with van der Waals surface area (Å²) in [7, 11) is 0. The second-order valence-corrected chi connectivity index (χ2v) is 7.94. The molecule has 1 N–H and O–H groups in total. The number of nitrogens with one attached hydrogen (secondary N) is 1. The van der Waals surface area contributed by atoms with E-state index in [4.69, 9.17) is 4.74 Å². The second kappa shape index (κ2) is 8.41. The first-order chi connectivity index (χ1) is 13.7. The number of thiazole rings is 1. The third-order valence-electron chi connectivity index (χ3n) is 4.05. The van der Waals surface area contributed by atoms with Gasteiger partial charge in [-0.25, -0.2) is 4.98 Å². The number of hydrogen-bond acceptors (Lipinski definition) is 6. The number of aromatic nitrogens is 1. The highest BCUT2D eigenvalue weighted by molar-refractivity contribution is 7.99. The van der Waals surface area contributed by atoms with Crippen LogP contribution in [0.5, 0.6) is 5.75 Å². The van der Waals surface area contributed by atoms with Gasteiger partial charge in [0.05, 0.1) is 0 Å². The number of fused-ring (bicyclic) bond motifs is 1. The Kier molecular flexibility index (Phi) is 5.55. The average Bonchev–Trinajstić information content (AvgIpc) is 3.22. The summed E-state index contributed by atoms with van der Waals surface area (Å²) in [4.78, 5) is 29.6. The monoisotopic (exact) mass is 408 g/mol. The van der Waals surface area contributed by atoms with E-state index in [0.717, 1.165) is 21.6 Å². The number of ether oxygens (including phenoxy) is 1. The van der Waals surface area contributed by atoms with Crippen LogP contribution >= 0.6 is 23.1 Å². The summed E-state index contributed by atoms with van der Waals surface area (Å²) >= 11 is 3.01. The van der Waals surface area contributed by atoms with E-state index in [1.54, 1.807) is 29.4 Å². The minimum absolute atomic E-state index is 0.0588. The Morgan fingerprint density at radius 2 is 2.11 bits per heavy atom. The summed E-state index contributed by atoms with van der Waals surface area (Å²) in [5.74, 6) is 0.995. The molecule has 0 unspecified atom stereocenters. The number of thioether (sulfide) groups is 1. The van der Waals surface area contributed by atoms with E-state index in [0.29, 0.717) is 16.6 Å². The van der Waals surface area contributed by atoms with Gasteiger partial charge in [0.25, 0.3) is 5.91 Å². The molecule has 0 aliphatic carbocycles. The lowest BCUT2D eigenvalue weighted by molar-refractivity contribution is -0.118. The van der Waals surface area contributed by atoms with Crippen LogP contribution in [0.3, 0.4) is 0 Å². The van der Waals surface area contributed by atoms with Crippen molar-refractivity contribution < 1.29 is 14.3 Å². The minimum atomic E-state index is -0.269. The summed E-state index contributed by atoms with van der Waals surface area (Å²) in [5.41, 5.74) is 2.36. The summed E-state index contributed by atoms with van der Waals surface area (Å²) in [6.45, 7) is -0.109. The van der Waals surface area contributed by atoms with E-state index in [2.05, 4.69) is 10.3 Å². The van der Waals surface area contributed by atoms with Crippen LogP contribution in [-0.4, -0.2) is 29.0 Å². The van der Waals surface area contributed by atoms with Crippen LogP contribution < -0.4 is 10.1 Å². The van der Waals surface area contributed by atoms with Crippen molar-refractivity contribution >= 4 is 46.0 Å². The maximum absolute atomic E-state index is 12.7. The average molecular weight is 409 g/mol. The lowest BCUT2D eigenvalue weighted by atomic mass is 10.0. The predicted molar refractivity (Wildman–Crippen MR) is 112 cm³/mol. The Balaban J connectivity index is 1.43. The van der Waals surface area contributed by atoms with Gasteiger partial charge in [-0.1, -0.05) is 24.3 Å². The number of nitrogens with zero attached hydrogens (tertiary/aromatic N) is 1. The number of rotatable bonds is 5. The number of amides is 1. The van der Waals surface area contributed by atoms with Crippen molar-refractivity contribution in [1.29, 1.82) is 0 Å². The van der Waals surface area contributed by atoms with E-state index >= 15 is 0 Å². The van der Waals surface area contributed by atoms with Gasteiger partial charge in [0, 0.05) is 33.4 Å². The fourth-order valence-electron chi connectivity index (χ4n) is 2.77. The number of benzene rings is 2. The van der Waals surface area contributed by atoms with Crippen molar-refractivity contribution in [2.24, 2.45) is 0 Å². The van der Waals surface area contributed by atoms with E-state index in [-0.39, 0.29) is 18.3 Å². The molecule has 5 nitrogen and oxygen atoms in total. The lowest BCUT2D eigenvalue weighted by Gasteiger charge is -2.16. The van der Waals surface area contributed by atoms with Crippen molar-refractivity contribution in [3.63, 3.8) is 0 Å². The lowest BCUT2D eigenvalue weighted by Crippen LogP contribution is -2.20. The third kappa shape index (κ3) is 4.32. The molecule has 0 spiro atoms. The Morgan fingerprint density at radius 3 is 2.96 bits per heavy atom. The molecule has 1 aliphatic rings. The molecule has 3 aromatic rings. The Morgan fingerprint density at radius 1 is 1.21 bits per heavy atom. The molecule has 2 aromatic carbocycles. The normalized spacial score (nSPS) is 14.6. The maximum Gasteiger partial charge on any atom is 0.264 e. The zero-order chi connectivity index (χ0) is 19.3. The molecule has 7 heteroatoms. The number of Topliss-reactive ketones (excluding diaryl/α,β-unsaturated/α-hetero) is 1. The van der Waals surface area contributed by atoms with Crippen molar-refractivity contribution in [3.05, 3.63) is 76.8 Å². The van der Waals surface area contributed by atoms with Crippen LogP contribution in [0.1, 0.15) is 15.9 Å². The van der Waals surface area contributed by atoms with Gasteiger partial charge in [0.2, 0.25) is 0 Å². The van der Waals surface area contributed by atoms with Crippen molar-refractivity contribution in [2.75, 3.05) is 17.7 Å². The predicted octanol–water partition coefficient (Wildman–Crippen LogP) is 4.53. The molecule has 2 heterocycles. The third-order valence-corrected chi connectivity index (χ3v) is 5.86. The van der Waals surface area contributed by atoms with E-state index in [1.165, 1.54) is 11.3 Å². The fraction of sp³-hybridized carbons (Fsp3) is 0.0952. The molecule has 0 bridgehead atoms. The molecule has 0 saturated heterocycles. The van der Waals surface area contributed by atoms with Crippen LogP contribution in [0.25, 0.3) is 6.08 Å². The highest BCUT2D eigenvalue weighted by Crippen LogP contribution is 2.33. The molecule has 1 amide bonds. The molecule has 1 aromatic heterocycles. The summed E-state index contributed by atoms with van der Waals surface area (Å²) < 4.78 is 5.57. The first kappa shape index (κ1) is 18.5. The fourth-order valence-corrected chi connectivity index (χ4v) is 4.33. The van der Waals surface area contributed by atoms with Gasteiger partial charge in [-0.05, 0) is 35.9 Å². The quantitative estimate of drug-likeness (QED) is 0.628. The van der Waals surface area contributed by atoms with Gasteiger partial charge in [-0.3, -0.25) is 14.9 Å². The zero-order valence-electron chi connectivity index (χ0n) is 14.8. The molecule has 0 radical (unpaired) electrons. The van der Waals surface area contributed by atoms with Gasteiger partial charge in [0.15, 0.2) is 17.5 Å². The summed E-state index contributed by atoms with van der Waals surface area (Å²) in [6, 6.07) is 15.0. The van der Waals surface area contributed by atoms with Gasteiger partial charge >= 0.3 is 0 Å². The number of ketones is 1. The molecule has 0 saturated carbocycles. The van der Waals surface area contributed by atoms with Crippen molar-refractivity contribution in [3.8, 4) is 5.75 Å². The highest BCUT2D eigenvalue weighted by Gasteiger charge is 2.21. The molecular formula is C21H16N2O3S2. The van der Waals surface area contributed by atoms with Gasteiger partial charge in [-0.2, -0.15) is 0 Å². The maximum atomic E-state index is 12.7. The number of carbonyl (C=O) groups excluding carboxylic acids is 2. The molecule has 0 fully saturated rings. The largest absolute Gasteiger partial charge is 0.484 e. The number of hydrogen-bond donors (Lipinski definition) is 1. The topological polar surface area (TPSA) is 68.3 Å². The van der Waals surface area contributed by atoms with Crippen molar-refractivity contribution in [1.82, 2.24) is 4.98 Å². The van der Waals surface area contributed by atoms with Crippen LogP contribution in [0, 0.1) is 0 Å². The smallest absolute Gasteiger partial charge is 0.264 e. The number of anilines is 1. The van der Waals surface area contributed by atoms with Crippen LogP contribution in [-0.2, 0) is 4.79 Å². The summed E-state index contributed by atoms with van der Waals surface area (Å²) in [5, 5.41) is 5.00. The Hall–Kier alpha value is -2.90. The number of carbonyl (C=O) groups is 2. The van der Waals surface area contributed by atoms with Crippen LogP contribution in [0.15, 0.2) is 70.6 Å². The van der Waals surface area contributed by atoms with Gasteiger partial charge in [0.1, 0.15) is 5.75 Å². The SMILES string of the molecule is O=C(COc1cccc(/C=C2\CSc3ccccc3C2=O)c1)Nc1nccs1.